The van der Waals surface area contributed by atoms with Crippen LogP contribution in [0.25, 0.3) is 0 Å². The zero-order valence-electron chi connectivity index (χ0n) is 15.5. The van der Waals surface area contributed by atoms with E-state index in [1.165, 1.54) is 38.5 Å². The maximum atomic E-state index is 11.9. The minimum Gasteiger partial charge on any atom is -0.355 e. The number of benzene rings is 1. The molecule has 0 spiro atoms. The van der Waals surface area contributed by atoms with E-state index >= 15 is 0 Å². The number of amides is 2. The summed E-state index contributed by atoms with van der Waals surface area (Å²) < 4.78 is 0. The van der Waals surface area contributed by atoms with Crippen LogP contribution in [0.5, 0.6) is 0 Å². The summed E-state index contributed by atoms with van der Waals surface area (Å²) in [5.74, 6) is -0.0368. The zero-order valence-corrected chi connectivity index (χ0v) is 16.3. The van der Waals surface area contributed by atoms with Gasteiger partial charge in [0.05, 0.1) is 0 Å². The Kier molecular flexibility index (Phi) is 11.7. The first-order valence-electron chi connectivity index (χ1n) is 9.59. The minimum atomic E-state index is -0.0893. The first-order valence-corrected chi connectivity index (χ1v) is 9.59. The number of hydrogen-bond donors (Lipinski definition) is 3. The van der Waals surface area contributed by atoms with E-state index in [0.717, 1.165) is 6.54 Å². The number of hydrogen-bond acceptors (Lipinski definition) is 3. The van der Waals surface area contributed by atoms with E-state index in [1.807, 2.05) is 18.2 Å². The average molecular weight is 382 g/mol. The van der Waals surface area contributed by atoms with Crippen LogP contribution in [-0.4, -0.2) is 37.5 Å². The smallest absolute Gasteiger partial charge is 0.251 e. The third-order valence-electron chi connectivity index (χ3n) is 4.64. The molecule has 1 aliphatic rings. The fraction of sp³-hybridized carbons (Fsp3) is 0.600. The Hall–Kier alpha value is -1.59. The monoisotopic (exact) mass is 381 g/mol. The van der Waals surface area contributed by atoms with Gasteiger partial charge in [-0.1, -0.05) is 43.9 Å². The van der Waals surface area contributed by atoms with Gasteiger partial charge in [-0.05, 0) is 31.4 Å². The van der Waals surface area contributed by atoms with Crippen LogP contribution in [0.3, 0.4) is 0 Å². The van der Waals surface area contributed by atoms with Gasteiger partial charge < -0.3 is 16.0 Å². The Labute approximate surface area is 163 Å². The van der Waals surface area contributed by atoms with Crippen LogP contribution in [0.1, 0.15) is 61.7 Å². The lowest BCUT2D eigenvalue weighted by atomic mass is 10.1. The number of carbonyl (C=O) groups is 2. The van der Waals surface area contributed by atoms with Crippen LogP contribution < -0.4 is 16.0 Å². The second-order valence-corrected chi connectivity index (χ2v) is 6.72. The molecule has 0 bridgehead atoms. The van der Waals surface area contributed by atoms with Gasteiger partial charge in [0.25, 0.3) is 5.91 Å². The van der Waals surface area contributed by atoms with Crippen LogP contribution in [0, 0.1) is 0 Å². The van der Waals surface area contributed by atoms with Crippen molar-refractivity contribution in [2.75, 3.05) is 19.6 Å². The molecule has 0 aliphatic heterocycles. The molecule has 0 saturated heterocycles. The summed E-state index contributed by atoms with van der Waals surface area (Å²) in [6.07, 6.45) is 8.96. The molecule has 1 fully saturated rings. The van der Waals surface area contributed by atoms with E-state index in [-0.39, 0.29) is 24.2 Å². The number of nitrogens with one attached hydrogen (secondary N) is 3. The first kappa shape index (κ1) is 22.5. The lowest BCUT2D eigenvalue weighted by molar-refractivity contribution is -0.121. The van der Waals surface area contributed by atoms with Crippen LogP contribution >= 0.6 is 12.4 Å². The van der Waals surface area contributed by atoms with E-state index in [2.05, 4.69) is 16.0 Å². The minimum absolute atomic E-state index is 0. The van der Waals surface area contributed by atoms with Gasteiger partial charge in [0.2, 0.25) is 5.91 Å². The summed E-state index contributed by atoms with van der Waals surface area (Å²) in [4.78, 5) is 23.7. The Balaban J connectivity index is 0.00000338. The largest absolute Gasteiger partial charge is 0.355 e. The quantitative estimate of drug-likeness (QED) is 0.455. The van der Waals surface area contributed by atoms with Crippen molar-refractivity contribution in [1.29, 1.82) is 0 Å². The maximum Gasteiger partial charge on any atom is 0.251 e. The van der Waals surface area contributed by atoms with Crippen molar-refractivity contribution in [3.05, 3.63) is 35.9 Å². The molecule has 2 rings (SSSR count). The fourth-order valence-corrected chi connectivity index (χ4v) is 3.19. The van der Waals surface area contributed by atoms with E-state index in [9.17, 15) is 9.59 Å². The topological polar surface area (TPSA) is 70.2 Å². The highest BCUT2D eigenvalue weighted by molar-refractivity contribution is 5.94. The molecule has 0 unspecified atom stereocenters. The molecule has 6 heteroatoms. The van der Waals surface area contributed by atoms with Crippen LogP contribution in [0.15, 0.2) is 30.3 Å². The van der Waals surface area contributed by atoms with Crippen molar-refractivity contribution in [1.82, 2.24) is 16.0 Å². The molecule has 1 aromatic rings. The van der Waals surface area contributed by atoms with E-state index in [1.54, 1.807) is 12.1 Å². The van der Waals surface area contributed by atoms with E-state index < -0.39 is 0 Å². The summed E-state index contributed by atoms with van der Waals surface area (Å²) in [6, 6.07) is 9.74. The molecule has 1 saturated carbocycles. The molecule has 0 atom stereocenters. The Morgan fingerprint density at radius 3 is 2.27 bits per heavy atom. The van der Waals surface area contributed by atoms with Gasteiger partial charge in [0, 0.05) is 37.7 Å². The molecule has 146 valence electrons. The van der Waals surface area contributed by atoms with Crippen molar-refractivity contribution >= 4 is 24.2 Å². The first-order chi connectivity index (χ1) is 12.3. The lowest BCUT2D eigenvalue weighted by Gasteiger charge is -2.16. The molecule has 1 aromatic carbocycles. The highest BCUT2D eigenvalue weighted by atomic mass is 35.5. The highest BCUT2D eigenvalue weighted by Crippen LogP contribution is 2.16. The summed E-state index contributed by atoms with van der Waals surface area (Å²) >= 11 is 0. The average Bonchev–Trinajstić information content (AvgIpc) is 2.92. The molecule has 3 N–H and O–H groups in total. The van der Waals surface area contributed by atoms with Crippen molar-refractivity contribution in [2.24, 2.45) is 0 Å². The third kappa shape index (κ3) is 9.20. The second kappa shape index (κ2) is 13.6. The standard InChI is InChI=1S/C20H31N3O2.ClH/c24-19(22-16-15-21-18-11-6-1-2-7-12-18)13-8-14-23-20(25)17-9-4-3-5-10-17;/h3-5,9-10,18,21H,1-2,6-8,11-16H2,(H,22,24)(H,23,25);1H. The molecule has 0 heterocycles. The van der Waals surface area contributed by atoms with Gasteiger partial charge in [-0.3, -0.25) is 9.59 Å². The predicted octanol–water partition coefficient (Wildman–Crippen LogP) is 3.05. The number of carbonyl (C=O) groups excluding carboxylic acids is 2. The summed E-state index contributed by atoms with van der Waals surface area (Å²) in [6.45, 7) is 2.02. The van der Waals surface area contributed by atoms with Gasteiger partial charge in [0.1, 0.15) is 0 Å². The molecule has 2 amide bonds. The van der Waals surface area contributed by atoms with Crippen molar-refractivity contribution < 1.29 is 9.59 Å². The Morgan fingerprint density at radius 2 is 1.58 bits per heavy atom. The van der Waals surface area contributed by atoms with Gasteiger partial charge in [-0.2, -0.15) is 0 Å². The molecular formula is C20H32ClN3O2. The molecule has 5 nitrogen and oxygen atoms in total. The number of halogens is 1. The van der Waals surface area contributed by atoms with Gasteiger partial charge in [-0.25, -0.2) is 0 Å². The van der Waals surface area contributed by atoms with Gasteiger partial charge >= 0.3 is 0 Å². The van der Waals surface area contributed by atoms with E-state index in [0.29, 0.717) is 37.5 Å². The third-order valence-corrected chi connectivity index (χ3v) is 4.64. The second-order valence-electron chi connectivity index (χ2n) is 6.72. The van der Waals surface area contributed by atoms with Gasteiger partial charge in [0.15, 0.2) is 0 Å². The molecule has 0 aromatic heterocycles. The zero-order chi connectivity index (χ0) is 17.7. The van der Waals surface area contributed by atoms with Crippen LogP contribution in [0.4, 0.5) is 0 Å². The van der Waals surface area contributed by atoms with Crippen molar-refractivity contribution in [3.63, 3.8) is 0 Å². The molecule has 26 heavy (non-hydrogen) atoms. The Bertz CT molecular complexity index is 517. The van der Waals surface area contributed by atoms with Crippen molar-refractivity contribution in [3.8, 4) is 0 Å². The SMILES string of the molecule is Cl.O=C(CCCNC(=O)c1ccccc1)NCCNC1CCCCCC1. The van der Waals surface area contributed by atoms with Crippen LogP contribution in [-0.2, 0) is 4.79 Å². The van der Waals surface area contributed by atoms with Crippen LogP contribution in [0.2, 0.25) is 0 Å². The maximum absolute atomic E-state index is 11.9. The molecule has 0 radical (unpaired) electrons. The molecular weight excluding hydrogens is 350 g/mol. The summed E-state index contributed by atoms with van der Waals surface area (Å²) in [5.41, 5.74) is 0.650. The predicted molar refractivity (Wildman–Crippen MR) is 108 cm³/mol. The highest BCUT2D eigenvalue weighted by Gasteiger charge is 2.11. The molecule has 1 aliphatic carbocycles. The van der Waals surface area contributed by atoms with E-state index in [4.69, 9.17) is 0 Å². The van der Waals surface area contributed by atoms with Gasteiger partial charge in [-0.15, -0.1) is 12.4 Å². The number of rotatable bonds is 9. The Morgan fingerprint density at radius 1 is 0.885 bits per heavy atom. The lowest BCUT2D eigenvalue weighted by Crippen LogP contribution is -2.37. The van der Waals surface area contributed by atoms with Crippen molar-refractivity contribution in [2.45, 2.75) is 57.4 Å². The summed E-state index contributed by atoms with van der Waals surface area (Å²) in [7, 11) is 0. The normalized spacial score (nSPS) is 14.8. The summed E-state index contributed by atoms with van der Waals surface area (Å²) in [5, 5.41) is 9.33. The fourth-order valence-electron chi connectivity index (χ4n) is 3.19.